The lowest BCUT2D eigenvalue weighted by atomic mass is 10.1. The first-order valence-electron chi connectivity index (χ1n) is 7.41. The molecule has 0 radical (unpaired) electrons. The van der Waals surface area contributed by atoms with Crippen molar-refractivity contribution in [2.24, 2.45) is 0 Å². The second-order valence-corrected chi connectivity index (χ2v) is 7.86. The third kappa shape index (κ3) is 3.29. The number of ketones is 1. The molecule has 1 N–H and O–H groups in total. The lowest BCUT2D eigenvalue weighted by Gasteiger charge is -2.00. The van der Waals surface area contributed by atoms with Crippen LogP contribution in [0.4, 0.5) is 5.13 Å². The number of amides is 1. The molecule has 0 unspecified atom stereocenters. The molecule has 0 fully saturated rings. The molecule has 0 aliphatic carbocycles. The van der Waals surface area contributed by atoms with E-state index in [1.807, 2.05) is 50.2 Å². The first-order valence-corrected chi connectivity index (χ1v) is 9.04. The maximum Gasteiger partial charge on any atom is 0.258 e. The van der Waals surface area contributed by atoms with Gasteiger partial charge in [-0.15, -0.1) is 11.3 Å². The molecule has 0 bridgehead atoms. The van der Waals surface area contributed by atoms with Gasteiger partial charge in [-0.3, -0.25) is 14.9 Å². The molecule has 122 valence electrons. The van der Waals surface area contributed by atoms with E-state index in [0.717, 1.165) is 15.3 Å². The number of Topliss-reactive ketones (excluding diaryl/α,β-unsaturated/α-hetero) is 1. The summed E-state index contributed by atoms with van der Waals surface area (Å²) < 4.78 is 0. The van der Waals surface area contributed by atoms with Gasteiger partial charge in [0.1, 0.15) is 0 Å². The zero-order valence-electron chi connectivity index (χ0n) is 13.5. The maximum absolute atomic E-state index is 12.5. The van der Waals surface area contributed by atoms with Gasteiger partial charge < -0.3 is 0 Å². The summed E-state index contributed by atoms with van der Waals surface area (Å²) in [5.41, 5.74) is 2.13. The summed E-state index contributed by atoms with van der Waals surface area (Å²) in [5, 5.41) is 3.26. The SMILES string of the molecule is CC(=O)c1sc(NC(=O)c2cc(C)sc2C)nc1-c1ccccc1. The number of nitrogens with zero attached hydrogens (tertiary/aromatic N) is 1. The van der Waals surface area contributed by atoms with Gasteiger partial charge in [0.15, 0.2) is 10.9 Å². The van der Waals surface area contributed by atoms with Crippen LogP contribution in [-0.4, -0.2) is 16.7 Å². The van der Waals surface area contributed by atoms with Crippen molar-refractivity contribution in [3.05, 3.63) is 56.6 Å². The summed E-state index contributed by atoms with van der Waals surface area (Å²) in [6.07, 6.45) is 0. The van der Waals surface area contributed by atoms with Crippen LogP contribution in [0.1, 0.15) is 36.7 Å². The van der Waals surface area contributed by atoms with Crippen molar-refractivity contribution in [1.82, 2.24) is 4.98 Å². The number of aromatic nitrogens is 1. The highest BCUT2D eigenvalue weighted by molar-refractivity contribution is 7.18. The first kappa shape index (κ1) is 16.5. The lowest BCUT2D eigenvalue weighted by Crippen LogP contribution is -2.11. The molecular weight excluding hydrogens is 340 g/mol. The number of nitrogens with one attached hydrogen (secondary N) is 1. The summed E-state index contributed by atoms with van der Waals surface area (Å²) in [5.74, 6) is -0.255. The van der Waals surface area contributed by atoms with Crippen molar-refractivity contribution in [3.63, 3.8) is 0 Å². The van der Waals surface area contributed by atoms with Gasteiger partial charge in [-0.2, -0.15) is 0 Å². The van der Waals surface area contributed by atoms with E-state index in [-0.39, 0.29) is 11.7 Å². The third-order valence-electron chi connectivity index (χ3n) is 3.50. The van der Waals surface area contributed by atoms with E-state index in [0.29, 0.717) is 21.3 Å². The quantitative estimate of drug-likeness (QED) is 0.673. The van der Waals surface area contributed by atoms with Gasteiger partial charge in [-0.1, -0.05) is 41.7 Å². The standard InChI is InChI=1S/C18H16N2O2S2/c1-10-9-14(12(3)23-10)17(22)20-18-19-15(16(24-18)11(2)21)13-7-5-4-6-8-13/h4-9H,1-3H3,(H,19,20,22). The molecule has 2 aromatic heterocycles. The predicted molar refractivity (Wildman–Crippen MR) is 99.3 cm³/mol. The Morgan fingerprint density at radius 3 is 2.38 bits per heavy atom. The van der Waals surface area contributed by atoms with Crippen molar-refractivity contribution < 1.29 is 9.59 Å². The van der Waals surface area contributed by atoms with Crippen LogP contribution in [0, 0.1) is 13.8 Å². The fourth-order valence-electron chi connectivity index (χ4n) is 2.42. The number of carbonyl (C=O) groups is 2. The van der Waals surface area contributed by atoms with Crippen molar-refractivity contribution in [2.45, 2.75) is 20.8 Å². The number of anilines is 1. The maximum atomic E-state index is 12.5. The van der Waals surface area contributed by atoms with Crippen LogP contribution in [0.2, 0.25) is 0 Å². The Balaban J connectivity index is 1.94. The number of hydrogen-bond donors (Lipinski definition) is 1. The summed E-state index contributed by atoms with van der Waals surface area (Å²) in [7, 11) is 0. The van der Waals surface area contributed by atoms with E-state index in [2.05, 4.69) is 10.3 Å². The van der Waals surface area contributed by atoms with E-state index in [9.17, 15) is 9.59 Å². The second kappa shape index (κ2) is 6.67. The molecule has 6 heteroatoms. The first-order chi connectivity index (χ1) is 11.5. The minimum Gasteiger partial charge on any atom is -0.298 e. The van der Waals surface area contributed by atoms with Crippen LogP contribution in [-0.2, 0) is 0 Å². The van der Waals surface area contributed by atoms with E-state index in [4.69, 9.17) is 0 Å². The number of aryl methyl sites for hydroxylation is 2. The molecule has 1 aromatic carbocycles. The van der Waals surface area contributed by atoms with Crippen LogP contribution in [0.5, 0.6) is 0 Å². The van der Waals surface area contributed by atoms with Crippen LogP contribution in [0.3, 0.4) is 0 Å². The Morgan fingerprint density at radius 2 is 1.79 bits per heavy atom. The Morgan fingerprint density at radius 1 is 1.08 bits per heavy atom. The molecule has 0 atom stereocenters. The average Bonchev–Trinajstić information content (AvgIpc) is 3.11. The largest absolute Gasteiger partial charge is 0.298 e. The Labute approximate surface area is 148 Å². The van der Waals surface area contributed by atoms with E-state index in [1.165, 1.54) is 18.3 Å². The van der Waals surface area contributed by atoms with Crippen LogP contribution in [0.15, 0.2) is 36.4 Å². The Bertz CT molecular complexity index is 911. The summed E-state index contributed by atoms with van der Waals surface area (Å²) >= 11 is 2.80. The smallest absolute Gasteiger partial charge is 0.258 e. The fraction of sp³-hybridized carbons (Fsp3) is 0.167. The van der Waals surface area contributed by atoms with Gasteiger partial charge in [-0.25, -0.2) is 4.98 Å². The molecule has 0 aliphatic heterocycles. The zero-order chi connectivity index (χ0) is 17.3. The number of rotatable bonds is 4. The minimum absolute atomic E-state index is 0.0607. The van der Waals surface area contributed by atoms with Crippen molar-refractivity contribution in [3.8, 4) is 11.3 Å². The number of thiophene rings is 1. The van der Waals surface area contributed by atoms with Gasteiger partial charge in [0.05, 0.1) is 16.1 Å². The molecule has 0 aliphatic rings. The van der Waals surface area contributed by atoms with Crippen LogP contribution < -0.4 is 5.32 Å². The molecule has 0 saturated carbocycles. The Hall–Kier alpha value is -2.31. The molecule has 24 heavy (non-hydrogen) atoms. The lowest BCUT2D eigenvalue weighted by molar-refractivity contribution is 0.101. The molecule has 2 heterocycles. The monoisotopic (exact) mass is 356 g/mol. The molecule has 3 rings (SSSR count). The van der Waals surface area contributed by atoms with Gasteiger partial charge in [-0.05, 0) is 19.9 Å². The summed E-state index contributed by atoms with van der Waals surface area (Å²) in [4.78, 5) is 31.5. The second-order valence-electron chi connectivity index (χ2n) is 5.40. The van der Waals surface area contributed by atoms with Gasteiger partial charge in [0, 0.05) is 22.2 Å². The van der Waals surface area contributed by atoms with E-state index in [1.54, 1.807) is 11.3 Å². The van der Waals surface area contributed by atoms with Gasteiger partial charge >= 0.3 is 0 Å². The van der Waals surface area contributed by atoms with Crippen molar-refractivity contribution in [1.29, 1.82) is 0 Å². The van der Waals surface area contributed by atoms with Crippen LogP contribution >= 0.6 is 22.7 Å². The Kier molecular flexibility index (Phi) is 4.59. The minimum atomic E-state index is -0.194. The van der Waals surface area contributed by atoms with Crippen molar-refractivity contribution in [2.75, 3.05) is 5.32 Å². The highest BCUT2D eigenvalue weighted by atomic mass is 32.1. The average molecular weight is 356 g/mol. The predicted octanol–water partition coefficient (Wildman–Crippen LogP) is 4.94. The van der Waals surface area contributed by atoms with Gasteiger partial charge in [0.2, 0.25) is 0 Å². The molecule has 0 saturated heterocycles. The summed E-state index contributed by atoms with van der Waals surface area (Å²) in [6, 6.07) is 11.4. The third-order valence-corrected chi connectivity index (χ3v) is 5.54. The van der Waals surface area contributed by atoms with E-state index >= 15 is 0 Å². The van der Waals surface area contributed by atoms with Crippen molar-refractivity contribution >= 4 is 39.5 Å². The number of hydrogen-bond acceptors (Lipinski definition) is 5. The number of benzene rings is 1. The fourth-order valence-corrected chi connectivity index (χ4v) is 4.22. The normalized spacial score (nSPS) is 10.6. The molecule has 1 amide bonds. The number of carbonyl (C=O) groups excluding carboxylic acids is 2. The molecular formula is C18H16N2O2S2. The highest BCUT2D eigenvalue weighted by Gasteiger charge is 2.19. The zero-order valence-corrected chi connectivity index (χ0v) is 15.2. The van der Waals surface area contributed by atoms with Crippen LogP contribution in [0.25, 0.3) is 11.3 Å². The molecule has 3 aromatic rings. The van der Waals surface area contributed by atoms with E-state index < -0.39 is 0 Å². The van der Waals surface area contributed by atoms with Gasteiger partial charge in [0.25, 0.3) is 5.91 Å². The molecule has 4 nitrogen and oxygen atoms in total. The topological polar surface area (TPSA) is 59.1 Å². The summed E-state index contributed by atoms with van der Waals surface area (Å²) in [6.45, 7) is 5.40. The number of thiazole rings is 1. The highest BCUT2D eigenvalue weighted by Crippen LogP contribution is 2.32. The molecule has 0 spiro atoms.